The molecule has 0 radical (unpaired) electrons. The van der Waals surface area contributed by atoms with Crippen molar-refractivity contribution in [3.8, 4) is 11.8 Å². The fraction of sp³-hybridized carbons (Fsp3) is 0.111. The Morgan fingerprint density at radius 1 is 1.09 bits per heavy atom. The van der Waals surface area contributed by atoms with Gasteiger partial charge in [0.15, 0.2) is 0 Å². The van der Waals surface area contributed by atoms with Crippen molar-refractivity contribution in [2.24, 2.45) is 0 Å². The zero-order valence-electron chi connectivity index (χ0n) is 12.1. The van der Waals surface area contributed by atoms with Crippen molar-refractivity contribution in [1.29, 1.82) is 5.26 Å². The van der Waals surface area contributed by atoms with Crippen LogP contribution in [0.3, 0.4) is 0 Å². The number of benzene rings is 2. The van der Waals surface area contributed by atoms with Crippen LogP contribution >= 0.6 is 0 Å². The number of aromatic nitrogens is 2. The van der Waals surface area contributed by atoms with Crippen LogP contribution in [0.2, 0.25) is 0 Å². The van der Waals surface area contributed by atoms with E-state index < -0.39 is 6.10 Å². The first-order chi connectivity index (χ1) is 10.7. The van der Waals surface area contributed by atoms with Crippen molar-refractivity contribution in [2.75, 3.05) is 0 Å². The molecule has 4 nitrogen and oxygen atoms in total. The maximum absolute atomic E-state index is 10.7. The van der Waals surface area contributed by atoms with Crippen molar-refractivity contribution >= 4 is 0 Å². The van der Waals surface area contributed by atoms with Gasteiger partial charge >= 0.3 is 0 Å². The molecule has 2 aromatic carbocycles. The summed E-state index contributed by atoms with van der Waals surface area (Å²) in [5.41, 5.74) is 3.75. The number of hydrogen-bond donors (Lipinski definition) is 1. The predicted octanol–water partition coefficient (Wildman–Crippen LogP) is 3.13. The second-order valence-corrected chi connectivity index (χ2v) is 5.09. The van der Waals surface area contributed by atoms with Crippen LogP contribution in [-0.2, 0) is 0 Å². The molecule has 0 saturated heterocycles. The van der Waals surface area contributed by atoms with Gasteiger partial charge in [0.1, 0.15) is 6.10 Å². The topological polar surface area (TPSA) is 61.8 Å². The van der Waals surface area contributed by atoms with Gasteiger partial charge in [-0.15, -0.1) is 0 Å². The Morgan fingerprint density at radius 2 is 1.77 bits per heavy atom. The zero-order chi connectivity index (χ0) is 15.5. The molecular weight excluding hydrogens is 274 g/mol. The molecule has 4 heteroatoms. The standard InChI is InChI=1S/C18H15N3O/c1-13-11-17(21(20-13)16-5-3-2-4-6-16)18(22)15-9-7-14(12-19)8-10-15/h2-11,18,22H,1H3/t18-/m1/s1. The van der Waals surface area contributed by atoms with E-state index in [4.69, 9.17) is 5.26 Å². The van der Waals surface area contributed by atoms with E-state index in [9.17, 15) is 5.11 Å². The molecule has 3 rings (SSSR count). The number of nitriles is 1. The minimum absolute atomic E-state index is 0.573. The fourth-order valence-corrected chi connectivity index (χ4v) is 2.40. The molecule has 1 heterocycles. The molecule has 0 aliphatic rings. The molecule has 0 aliphatic heterocycles. The predicted molar refractivity (Wildman–Crippen MR) is 83.5 cm³/mol. The zero-order valence-corrected chi connectivity index (χ0v) is 12.1. The number of hydrogen-bond acceptors (Lipinski definition) is 3. The largest absolute Gasteiger partial charge is 0.382 e. The lowest BCUT2D eigenvalue weighted by molar-refractivity contribution is 0.212. The molecular formula is C18H15N3O. The van der Waals surface area contributed by atoms with Gasteiger partial charge in [0.2, 0.25) is 0 Å². The molecule has 0 saturated carbocycles. The molecule has 0 bridgehead atoms. The van der Waals surface area contributed by atoms with Crippen LogP contribution < -0.4 is 0 Å². The Balaban J connectivity index is 2.02. The maximum atomic E-state index is 10.7. The lowest BCUT2D eigenvalue weighted by Crippen LogP contribution is -2.08. The molecule has 108 valence electrons. The molecule has 1 atom stereocenters. The summed E-state index contributed by atoms with van der Waals surface area (Å²) in [6.07, 6.45) is -0.797. The van der Waals surface area contributed by atoms with E-state index in [1.54, 1.807) is 28.9 Å². The summed E-state index contributed by atoms with van der Waals surface area (Å²) in [6, 6.07) is 20.6. The Morgan fingerprint density at radius 3 is 2.41 bits per heavy atom. The number of rotatable bonds is 3. The molecule has 0 unspecified atom stereocenters. The Hall–Kier alpha value is -2.90. The van der Waals surface area contributed by atoms with Crippen LogP contribution in [0.5, 0.6) is 0 Å². The van der Waals surface area contributed by atoms with E-state index in [1.807, 2.05) is 43.3 Å². The van der Waals surface area contributed by atoms with Crippen molar-refractivity contribution in [2.45, 2.75) is 13.0 Å². The first-order valence-electron chi connectivity index (χ1n) is 6.99. The average molecular weight is 289 g/mol. The summed E-state index contributed by atoms with van der Waals surface area (Å²) in [5, 5.41) is 24.0. The summed E-state index contributed by atoms with van der Waals surface area (Å²) >= 11 is 0. The summed E-state index contributed by atoms with van der Waals surface area (Å²) in [7, 11) is 0. The van der Waals surface area contributed by atoms with Crippen LogP contribution in [0.25, 0.3) is 5.69 Å². The van der Waals surface area contributed by atoms with Gasteiger partial charge in [-0.3, -0.25) is 0 Å². The summed E-state index contributed by atoms with van der Waals surface area (Å²) in [6.45, 7) is 1.90. The molecule has 3 aromatic rings. The van der Waals surface area contributed by atoms with Crippen LogP contribution in [0.1, 0.15) is 28.6 Å². The third-order valence-electron chi connectivity index (χ3n) is 3.50. The van der Waals surface area contributed by atoms with E-state index in [2.05, 4.69) is 11.2 Å². The van der Waals surface area contributed by atoms with Crippen molar-refractivity contribution in [1.82, 2.24) is 9.78 Å². The van der Waals surface area contributed by atoms with E-state index >= 15 is 0 Å². The van der Waals surface area contributed by atoms with E-state index in [1.165, 1.54) is 0 Å². The molecule has 0 fully saturated rings. The smallest absolute Gasteiger partial charge is 0.121 e. The molecule has 0 aliphatic carbocycles. The van der Waals surface area contributed by atoms with Crippen LogP contribution in [0.15, 0.2) is 60.7 Å². The molecule has 0 spiro atoms. The van der Waals surface area contributed by atoms with E-state index in [-0.39, 0.29) is 0 Å². The SMILES string of the molecule is Cc1cc([C@H](O)c2ccc(C#N)cc2)n(-c2ccccc2)n1. The van der Waals surface area contributed by atoms with Crippen molar-refractivity contribution in [3.05, 3.63) is 83.2 Å². The third kappa shape index (κ3) is 2.62. The average Bonchev–Trinajstić information content (AvgIpc) is 2.97. The second kappa shape index (κ2) is 5.84. The van der Waals surface area contributed by atoms with Gasteiger partial charge in [0, 0.05) is 0 Å². The highest BCUT2D eigenvalue weighted by Crippen LogP contribution is 2.25. The maximum Gasteiger partial charge on any atom is 0.121 e. The third-order valence-corrected chi connectivity index (χ3v) is 3.50. The quantitative estimate of drug-likeness (QED) is 0.805. The molecule has 22 heavy (non-hydrogen) atoms. The molecule has 1 N–H and O–H groups in total. The minimum Gasteiger partial charge on any atom is -0.382 e. The lowest BCUT2D eigenvalue weighted by Gasteiger charge is -2.14. The van der Waals surface area contributed by atoms with Gasteiger partial charge in [-0.25, -0.2) is 4.68 Å². The minimum atomic E-state index is -0.797. The van der Waals surface area contributed by atoms with Crippen molar-refractivity contribution in [3.63, 3.8) is 0 Å². The van der Waals surface area contributed by atoms with Gasteiger partial charge in [0.05, 0.1) is 28.7 Å². The monoisotopic (exact) mass is 289 g/mol. The summed E-state index contributed by atoms with van der Waals surface area (Å²) in [4.78, 5) is 0. The second-order valence-electron chi connectivity index (χ2n) is 5.09. The van der Waals surface area contributed by atoms with Gasteiger partial charge in [0.25, 0.3) is 0 Å². The highest BCUT2D eigenvalue weighted by Gasteiger charge is 2.17. The lowest BCUT2D eigenvalue weighted by atomic mass is 10.0. The summed E-state index contributed by atoms with van der Waals surface area (Å²) in [5.74, 6) is 0. The van der Waals surface area contributed by atoms with E-state index in [0.717, 1.165) is 16.9 Å². The Kier molecular flexibility index (Phi) is 3.73. The molecule has 1 aromatic heterocycles. The highest BCUT2D eigenvalue weighted by molar-refractivity contribution is 5.38. The van der Waals surface area contributed by atoms with Crippen LogP contribution in [0, 0.1) is 18.3 Å². The highest BCUT2D eigenvalue weighted by atomic mass is 16.3. The first-order valence-corrected chi connectivity index (χ1v) is 6.99. The van der Waals surface area contributed by atoms with Crippen LogP contribution in [-0.4, -0.2) is 14.9 Å². The van der Waals surface area contributed by atoms with Gasteiger partial charge in [-0.2, -0.15) is 10.4 Å². The fourth-order valence-electron chi connectivity index (χ4n) is 2.40. The number of nitrogens with zero attached hydrogens (tertiary/aromatic N) is 3. The van der Waals surface area contributed by atoms with Crippen LogP contribution in [0.4, 0.5) is 0 Å². The van der Waals surface area contributed by atoms with Gasteiger partial charge in [-0.1, -0.05) is 30.3 Å². The Bertz CT molecular complexity index is 814. The number of aryl methyl sites for hydroxylation is 1. The number of aliphatic hydroxyl groups is 1. The molecule has 0 amide bonds. The van der Waals surface area contributed by atoms with E-state index in [0.29, 0.717) is 11.3 Å². The van der Waals surface area contributed by atoms with Gasteiger partial charge in [-0.05, 0) is 42.8 Å². The normalized spacial score (nSPS) is 11.9. The van der Waals surface area contributed by atoms with Crippen molar-refractivity contribution < 1.29 is 5.11 Å². The number of aliphatic hydroxyl groups excluding tert-OH is 1. The first kappa shape index (κ1) is 14.1. The van der Waals surface area contributed by atoms with Gasteiger partial charge < -0.3 is 5.11 Å². The summed E-state index contributed by atoms with van der Waals surface area (Å²) < 4.78 is 1.75. The number of para-hydroxylation sites is 1. The Labute approximate surface area is 128 Å².